The van der Waals surface area contributed by atoms with Gasteiger partial charge in [0.15, 0.2) is 5.82 Å². The lowest BCUT2D eigenvalue weighted by Gasteiger charge is -1.97. The summed E-state index contributed by atoms with van der Waals surface area (Å²) in [5, 5.41) is 0.721. The van der Waals surface area contributed by atoms with E-state index in [0.29, 0.717) is 11.7 Å². The van der Waals surface area contributed by atoms with Gasteiger partial charge in [0.05, 0.1) is 17.7 Å². The van der Waals surface area contributed by atoms with Crippen molar-refractivity contribution < 1.29 is 4.74 Å². The Balaban J connectivity index is 2.35. The Morgan fingerprint density at radius 3 is 3.07 bits per heavy atom. The van der Waals surface area contributed by atoms with Gasteiger partial charge in [0.2, 0.25) is 5.88 Å². The molecule has 0 atom stereocenters. The first-order chi connectivity index (χ1) is 7.33. The zero-order chi connectivity index (χ0) is 10.7. The molecule has 0 bridgehead atoms. The Morgan fingerprint density at radius 2 is 2.40 bits per heavy atom. The van der Waals surface area contributed by atoms with Crippen LogP contribution in [0.3, 0.4) is 0 Å². The summed E-state index contributed by atoms with van der Waals surface area (Å²) in [6, 6.07) is 3.70. The Kier molecular flexibility index (Phi) is 3.27. The minimum Gasteiger partial charge on any atom is -0.480 e. The summed E-state index contributed by atoms with van der Waals surface area (Å²) in [5.74, 6) is 1.29. The fourth-order valence-corrected chi connectivity index (χ4v) is 2.01. The predicted molar refractivity (Wildman–Crippen MR) is 62.3 cm³/mol. The van der Waals surface area contributed by atoms with Gasteiger partial charge in [-0.3, -0.25) is 0 Å². The molecule has 6 heteroatoms. The maximum Gasteiger partial charge on any atom is 0.225 e. The normalized spacial score (nSPS) is 10.3. The molecule has 0 amide bonds. The van der Waals surface area contributed by atoms with Gasteiger partial charge in [-0.1, -0.05) is 15.9 Å². The monoisotopic (exact) mass is 285 g/mol. The van der Waals surface area contributed by atoms with Gasteiger partial charge in [-0.2, -0.15) is 4.37 Å². The average Bonchev–Trinajstić information content (AvgIpc) is 2.78. The van der Waals surface area contributed by atoms with Crippen LogP contribution in [0.2, 0.25) is 0 Å². The van der Waals surface area contributed by atoms with E-state index < -0.39 is 0 Å². The molecule has 0 fully saturated rings. The van der Waals surface area contributed by atoms with Crippen LogP contribution in [0.25, 0.3) is 10.7 Å². The average molecular weight is 286 g/mol. The molecular weight excluding hydrogens is 278 g/mol. The Labute approximate surface area is 99.6 Å². The van der Waals surface area contributed by atoms with Crippen LogP contribution in [0.1, 0.15) is 5.69 Å². The van der Waals surface area contributed by atoms with E-state index in [1.54, 1.807) is 13.3 Å². The van der Waals surface area contributed by atoms with Gasteiger partial charge in [-0.05, 0) is 17.6 Å². The molecule has 0 saturated heterocycles. The summed E-state index contributed by atoms with van der Waals surface area (Å²) in [6.07, 6.45) is 1.74. The van der Waals surface area contributed by atoms with Crippen LogP contribution >= 0.6 is 27.5 Å². The van der Waals surface area contributed by atoms with Gasteiger partial charge in [0.25, 0.3) is 0 Å². The predicted octanol–water partition coefficient (Wildman–Crippen LogP) is 2.50. The van der Waals surface area contributed by atoms with Crippen LogP contribution < -0.4 is 4.74 Å². The van der Waals surface area contributed by atoms with E-state index in [2.05, 4.69) is 30.3 Å². The van der Waals surface area contributed by atoms with Crippen LogP contribution in [0.4, 0.5) is 0 Å². The van der Waals surface area contributed by atoms with Crippen LogP contribution in [0, 0.1) is 0 Å². The standard InChI is InChI=1S/C9H8BrN3OS/c1-14-8-4-7(15-13-8)9-11-3-2-6(5-10)12-9/h2-4H,5H2,1H3. The van der Waals surface area contributed by atoms with Crippen molar-refractivity contribution in [3.8, 4) is 16.6 Å². The van der Waals surface area contributed by atoms with Crippen LogP contribution in [0.5, 0.6) is 5.88 Å². The molecule has 2 heterocycles. The summed E-state index contributed by atoms with van der Waals surface area (Å²) in [5.41, 5.74) is 0.951. The maximum atomic E-state index is 5.01. The van der Waals surface area contributed by atoms with Crippen molar-refractivity contribution in [1.82, 2.24) is 14.3 Å². The SMILES string of the molecule is COc1cc(-c2nccc(CBr)n2)sn1. The molecular formula is C9H8BrN3OS. The van der Waals surface area contributed by atoms with Gasteiger partial charge in [0, 0.05) is 17.6 Å². The lowest BCUT2D eigenvalue weighted by atomic mass is 10.4. The van der Waals surface area contributed by atoms with Gasteiger partial charge >= 0.3 is 0 Å². The van der Waals surface area contributed by atoms with Crippen molar-refractivity contribution >= 4 is 27.5 Å². The van der Waals surface area contributed by atoms with Gasteiger partial charge in [0.1, 0.15) is 0 Å². The summed E-state index contributed by atoms with van der Waals surface area (Å²) in [6.45, 7) is 0. The molecule has 15 heavy (non-hydrogen) atoms. The zero-order valence-corrected chi connectivity index (χ0v) is 10.4. The molecule has 0 saturated carbocycles. The second kappa shape index (κ2) is 4.67. The molecule has 0 unspecified atom stereocenters. The number of nitrogens with zero attached hydrogens (tertiary/aromatic N) is 3. The highest BCUT2D eigenvalue weighted by molar-refractivity contribution is 9.08. The lowest BCUT2D eigenvalue weighted by Crippen LogP contribution is -1.90. The molecule has 0 aromatic carbocycles. The molecule has 2 aromatic heterocycles. The second-order valence-corrected chi connectivity index (χ2v) is 4.10. The van der Waals surface area contributed by atoms with Crippen molar-refractivity contribution in [1.29, 1.82) is 0 Å². The third-order valence-electron chi connectivity index (χ3n) is 1.77. The number of ether oxygens (including phenoxy) is 1. The minimum absolute atomic E-state index is 0.600. The largest absolute Gasteiger partial charge is 0.480 e. The number of alkyl halides is 1. The Morgan fingerprint density at radius 1 is 1.53 bits per heavy atom. The smallest absolute Gasteiger partial charge is 0.225 e. The van der Waals surface area contributed by atoms with E-state index in [0.717, 1.165) is 15.9 Å². The molecule has 0 N–H and O–H groups in total. The molecule has 78 valence electrons. The Hall–Kier alpha value is -1.01. The van der Waals surface area contributed by atoms with E-state index in [4.69, 9.17) is 4.74 Å². The van der Waals surface area contributed by atoms with Crippen LogP contribution in [0.15, 0.2) is 18.3 Å². The topological polar surface area (TPSA) is 47.9 Å². The van der Waals surface area contributed by atoms with Crippen molar-refractivity contribution in [2.45, 2.75) is 5.33 Å². The van der Waals surface area contributed by atoms with Crippen molar-refractivity contribution in [3.05, 3.63) is 24.0 Å². The van der Waals surface area contributed by atoms with Crippen molar-refractivity contribution in [2.75, 3.05) is 7.11 Å². The van der Waals surface area contributed by atoms with E-state index in [9.17, 15) is 0 Å². The van der Waals surface area contributed by atoms with E-state index in [1.165, 1.54) is 11.5 Å². The molecule has 0 aliphatic rings. The van der Waals surface area contributed by atoms with Gasteiger partial charge in [-0.25, -0.2) is 9.97 Å². The molecule has 0 aliphatic heterocycles. The summed E-state index contributed by atoms with van der Waals surface area (Å²) in [7, 11) is 1.59. The summed E-state index contributed by atoms with van der Waals surface area (Å²) >= 11 is 4.69. The van der Waals surface area contributed by atoms with Crippen molar-refractivity contribution in [2.24, 2.45) is 0 Å². The summed E-state index contributed by atoms with van der Waals surface area (Å²) < 4.78 is 9.10. The first-order valence-electron chi connectivity index (χ1n) is 4.22. The molecule has 4 nitrogen and oxygen atoms in total. The molecule has 2 rings (SSSR count). The summed E-state index contributed by atoms with van der Waals surface area (Å²) in [4.78, 5) is 9.47. The number of hydrogen-bond acceptors (Lipinski definition) is 5. The molecule has 0 spiro atoms. The molecule has 0 radical (unpaired) electrons. The van der Waals surface area contributed by atoms with E-state index >= 15 is 0 Å². The second-order valence-electron chi connectivity index (χ2n) is 2.74. The maximum absolute atomic E-state index is 5.01. The molecule has 2 aromatic rings. The van der Waals surface area contributed by atoms with Gasteiger partial charge in [-0.15, -0.1) is 0 Å². The number of halogens is 1. The molecule has 0 aliphatic carbocycles. The fraction of sp³-hybridized carbons (Fsp3) is 0.222. The zero-order valence-electron chi connectivity index (χ0n) is 7.98. The van der Waals surface area contributed by atoms with Crippen LogP contribution in [-0.2, 0) is 5.33 Å². The van der Waals surface area contributed by atoms with Gasteiger partial charge < -0.3 is 4.74 Å². The lowest BCUT2D eigenvalue weighted by molar-refractivity contribution is 0.403. The number of methoxy groups -OCH3 is 1. The minimum atomic E-state index is 0.600. The third kappa shape index (κ3) is 2.32. The highest BCUT2D eigenvalue weighted by Gasteiger charge is 2.07. The highest BCUT2D eigenvalue weighted by Crippen LogP contribution is 2.24. The number of rotatable bonds is 3. The first-order valence-corrected chi connectivity index (χ1v) is 6.12. The number of hydrogen-bond donors (Lipinski definition) is 0. The highest BCUT2D eigenvalue weighted by atomic mass is 79.9. The van der Waals surface area contributed by atoms with Crippen molar-refractivity contribution in [3.63, 3.8) is 0 Å². The van der Waals surface area contributed by atoms with Crippen LogP contribution in [-0.4, -0.2) is 21.5 Å². The third-order valence-corrected chi connectivity index (χ3v) is 3.11. The quantitative estimate of drug-likeness (QED) is 0.813. The van der Waals surface area contributed by atoms with E-state index in [-0.39, 0.29) is 0 Å². The first kappa shape index (κ1) is 10.5. The Bertz CT molecular complexity index is 460. The van der Waals surface area contributed by atoms with E-state index in [1.807, 2.05) is 12.1 Å². The number of aromatic nitrogens is 3. The fourth-order valence-electron chi connectivity index (χ4n) is 1.05.